The summed E-state index contributed by atoms with van der Waals surface area (Å²) in [7, 11) is 1.66. The van der Waals surface area contributed by atoms with Gasteiger partial charge in [-0.3, -0.25) is 14.6 Å². The van der Waals surface area contributed by atoms with E-state index in [4.69, 9.17) is 14.2 Å². The average molecular weight is 440 g/mol. The molecule has 32 heavy (non-hydrogen) atoms. The number of benzene rings is 2. The third kappa shape index (κ3) is 5.79. The van der Waals surface area contributed by atoms with E-state index in [9.17, 15) is 4.79 Å². The van der Waals surface area contributed by atoms with Crippen molar-refractivity contribution in [3.05, 3.63) is 60.2 Å². The number of hydrogen-bond acceptors (Lipinski definition) is 6. The topological polar surface area (TPSA) is 54.5 Å². The minimum Gasteiger partial charge on any atom is -0.497 e. The van der Waals surface area contributed by atoms with Gasteiger partial charge in [-0.2, -0.15) is 0 Å². The number of morpholine rings is 1. The number of amides is 1. The second-order valence-electron chi connectivity index (χ2n) is 8.15. The summed E-state index contributed by atoms with van der Waals surface area (Å²) in [5.41, 5.74) is 1.07. The number of ether oxygens (including phenoxy) is 3. The Morgan fingerprint density at radius 3 is 2.22 bits per heavy atom. The van der Waals surface area contributed by atoms with Crippen molar-refractivity contribution in [2.24, 2.45) is 0 Å². The van der Waals surface area contributed by atoms with Crippen molar-refractivity contribution in [3.8, 4) is 11.5 Å². The van der Waals surface area contributed by atoms with E-state index in [2.05, 4.69) is 21.9 Å². The molecule has 2 aromatic carbocycles. The van der Waals surface area contributed by atoms with Crippen LogP contribution in [0.4, 0.5) is 0 Å². The van der Waals surface area contributed by atoms with Crippen molar-refractivity contribution in [1.29, 1.82) is 0 Å². The van der Waals surface area contributed by atoms with Crippen LogP contribution in [0.3, 0.4) is 0 Å². The third-order valence-corrected chi connectivity index (χ3v) is 6.18. The third-order valence-electron chi connectivity index (χ3n) is 6.18. The molecule has 2 aliphatic heterocycles. The summed E-state index contributed by atoms with van der Waals surface area (Å²) in [5, 5.41) is 0. The van der Waals surface area contributed by atoms with Gasteiger partial charge < -0.3 is 19.1 Å². The molecular formula is C25H33N3O4. The van der Waals surface area contributed by atoms with Gasteiger partial charge in [-0.25, -0.2) is 0 Å². The molecule has 1 amide bonds. The van der Waals surface area contributed by atoms with Crippen LogP contribution in [0.5, 0.6) is 11.5 Å². The second kappa shape index (κ2) is 11.3. The molecule has 2 saturated heterocycles. The lowest BCUT2D eigenvalue weighted by molar-refractivity contribution is -0.142. The molecule has 0 spiro atoms. The Kier molecular flexibility index (Phi) is 7.98. The number of carbonyl (C=O) groups excluding carboxylic acids is 1. The highest BCUT2D eigenvalue weighted by atomic mass is 16.5. The van der Waals surface area contributed by atoms with E-state index in [0.29, 0.717) is 32.9 Å². The van der Waals surface area contributed by atoms with E-state index in [1.54, 1.807) is 7.11 Å². The maximum atomic E-state index is 13.4. The van der Waals surface area contributed by atoms with Crippen LogP contribution in [0.25, 0.3) is 0 Å². The summed E-state index contributed by atoms with van der Waals surface area (Å²) in [5.74, 6) is 1.87. The first kappa shape index (κ1) is 22.6. The molecule has 0 aliphatic carbocycles. The number of rotatable bonds is 8. The Hall–Kier alpha value is -2.61. The molecule has 2 aliphatic rings. The first-order valence-corrected chi connectivity index (χ1v) is 11.4. The molecule has 7 nitrogen and oxygen atoms in total. The minimum absolute atomic E-state index is 0.191. The Bertz CT molecular complexity index is 832. The van der Waals surface area contributed by atoms with Crippen LogP contribution in [0.2, 0.25) is 0 Å². The molecular weight excluding hydrogens is 406 g/mol. The SMILES string of the molecule is COc1ccc(OCCN2CCN([C@H](C(=O)N3CCOCC3)c3ccccc3)CC2)cc1. The van der Waals surface area contributed by atoms with Crippen molar-refractivity contribution in [2.75, 3.05) is 72.7 Å². The molecule has 172 valence electrons. The Morgan fingerprint density at radius 2 is 1.56 bits per heavy atom. The van der Waals surface area contributed by atoms with Crippen LogP contribution >= 0.6 is 0 Å². The molecule has 4 rings (SSSR count). The predicted octanol–water partition coefficient (Wildman–Crippen LogP) is 2.29. The molecule has 2 aromatic rings. The van der Waals surface area contributed by atoms with Gasteiger partial charge in [0.25, 0.3) is 0 Å². The lowest BCUT2D eigenvalue weighted by atomic mass is 10.0. The molecule has 0 unspecified atom stereocenters. The Labute approximate surface area is 190 Å². The summed E-state index contributed by atoms with van der Waals surface area (Å²) in [4.78, 5) is 20.1. The smallest absolute Gasteiger partial charge is 0.244 e. The Morgan fingerprint density at radius 1 is 0.906 bits per heavy atom. The van der Waals surface area contributed by atoms with Crippen molar-refractivity contribution >= 4 is 5.91 Å². The highest BCUT2D eigenvalue weighted by molar-refractivity contribution is 5.83. The van der Waals surface area contributed by atoms with Gasteiger partial charge in [0.05, 0.1) is 20.3 Å². The summed E-state index contributed by atoms with van der Waals surface area (Å²) in [6.07, 6.45) is 0. The molecule has 0 saturated carbocycles. The van der Waals surface area contributed by atoms with Crippen LogP contribution in [-0.2, 0) is 9.53 Å². The lowest BCUT2D eigenvalue weighted by Crippen LogP contribution is -2.53. The first-order chi connectivity index (χ1) is 15.7. The first-order valence-electron chi connectivity index (χ1n) is 11.4. The molecule has 1 atom stereocenters. The second-order valence-corrected chi connectivity index (χ2v) is 8.15. The summed E-state index contributed by atoms with van der Waals surface area (Å²) >= 11 is 0. The molecule has 2 fully saturated rings. The van der Waals surface area contributed by atoms with E-state index in [1.165, 1.54) is 0 Å². The molecule has 0 N–H and O–H groups in total. The van der Waals surface area contributed by atoms with Gasteiger partial charge >= 0.3 is 0 Å². The van der Waals surface area contributed by atoms with Crippen LogP contribution in [0, 0.1) is 0 Å². The quantitative estimate of drug-likeness (QED) is 0.629. The zero-order chi connectivity index (χ0) is 22.2. The van der Waals surface area contributed by atoms with Crippen molar-refractivity contribution in [1.82, 2.24) is 14.7 Å². The number of carbonyl (C=O) groups is 1. The van der Waals surface area contributed by atoms with Gasteiger partial charge in [0, 0.05) is 45.8 Å². The fourth-order valence-electron chi connectivity index (χ4n) is 4.31. The fourth-order valence-corrected chi connectivity index (χ4v) is 4.31. The maximum absolute atomic E-state index is 13.4. The highest BCUT2D eigenvalue weighted by Crippen LogP contribution is 2.25. The number of methoxy groups -OCH3 is 1. The molecule has 7 heteroatoms. The van der Waals surface area contributed by atoms with E-state index < -0.39 is 0 Å². The maximum Gasteiger partial charge on any atom is 0.244 e. The summed E-state index contributed by atoms with van der Waals surface area (Å²) in [6.45, 7) is 7.66. The van der Waals surface area contributed by atoms with Gasteiger partial charge in [0.15, 0.2) is 0 Å². The summed E-state index contributed by atoms with van der Waals surface area (Å²) < 4.78 is 16.5. The summed E-state index contributed by atoms with van der Waals surface area (Å²) in [6, 6.07) is 17.6. The fraction of sp³-hybridized carbons (Fsp3) is 0.480. The van der Waals surface area contributed by atoms with Gasteiger partial charge in [-0.05, 0) is 29.8 Å². The van der Waals surface area contributed by atoms with Gasteiger partial charge in [-0.1, -0.05) is 30.3 Å². The van der Waals surface area contributed by atoms with E-state index in [1.807, 2.05) is 47.4 Å². The predicted molar refractivity (Wildman–Crippen MR) is 123 cm³/mol. The number of nitrogens with zero attached hydrogens (tertiary/aromatic N) is 3. The van der Waals surface area contributed by atoms with Gasteiger partial charge in [0.2, 0.25) is 5.91 Å². The molecule has 0 aromatic heterocycles. The molecule has 2 heterocycles. The van der Waals surface area contributed by atoms with Crippen LogP contribution in [0.15, 0.2) is 54.6 Å². The van der Waals surface area contributed by atoms with Crippen molar-refractivity contribution in [2.45, 2.75) is 6.04 Å². The highest BCUT2D eigenvalue weighted by Gasteiger charge is 2.33. The van der Waals surface area contributed by atoms with E-state index >= 15 is 0 Å². The van der Waals surface area contributed by atoms with Crippen LogP contribution < -0.4 is 9.47 Å². The van der Waals surface area contributed by atoms with Gasteiger partial charge in [0.1, 0.15) is 24.1 Å². The largest absolute Gasteiger partial charge is 0.497 e. The lowest BCUT2D eigenvalue weighted by Gasteiger charge is -2.41. The monoisotopic (exact) mass is 439 g/mol. The van der Waals surface area contributed by atoms with Crippen molar-refractivity contribution in [3.63, 3.8) is 0 Å². The normalized spacial score (nSPS) is 18.8. The number of piperazine rings is 1. The van der Waals surface area contributed by atoms with E-state index in [0.717, 1.165) is 49.8 Å². The van der Waals surface area contributed by atoms with Crippen molar-refractivity contribution < 1.29 is 19.0 Å². The molecule has 0 radical (unpaired) electrons. The standard InChI is InChI=1S/C25H33N3O4/c1-30-22-7-9-23(10-8-22)32-20-15-26-11-13-27(14-12-26)24(21-5-3-2-4-6-21)25(29)28-16-18-31-19-17-28/h2-10,24H,11-20H2,1H3/t24-/m0/s1. The average Bonchev–Trinajstić information content (AvgIpc) is 2.87. The number of hydrogen-bond donors (Lipinski definition) is 0. The zero-order valence-corrected chi connectivity index (χ0v) is 18.8. The van der Waals surface area contributed by atoms with E-state index in [-0.39, 0.29) is 11.9 Å². The molecule has 0 bridgehead atoms. The Balaban J connectivity index is 1.31. The van der Waals surface area contributed by atoms with Crippen LogP contribution in [0.1, 0.15) is 11.6 Å². The van der Waals surface area contributed by atoms with Crippen LogP contribution in [-0.4, -0.2) is 93.4 Å². The van der Waals surface area contributed by atoms with Gasteiger partial charge in [-0.15, -0.1) is 0 Å². The minimum atomic E-state index is -0.230. The zero-order valence-electron chi connectivity index (χ0n) is 18.8.